The first-order valence-corrected chi connectivity index (χ1v) is 6.92. The van der Waals surface area contributed by atoms with Crippen molar-refractivity contribution in [1.29, 1.82) is 0 Å². The number of rotatable bonds is 3. The lowest BCUT2D eigenvalue weighted by Gasteiger charge is -2.22. The largest absolute Gasteiger partial charge is 0.493 e. The van der Waals surface area contributed by atoms with Crippen molar-refractivity contribution < 1.29 is 4.74 Å². The van der Waals surface area contributed by atoms with Gasteiger partial charge in [0.15, 0.2) is 0 Å². The summed E-state index contributed by atoms with van der Waals surface area (Å²) >= 11 is 0. The Morgan fingerprint density at radius 2 is 2.06 bits per heavy atom. The molecule has 2 aliphatic carbocycles. The van der Waals surface area contributed by atoms with Gasteiger partial charge in [-0.15, -0.1) is 0 Å². The Morgan fingerprint density at radius 1 is 1.18 bits per heavy atom. The molecule has 3 unspecified atom stereocenters. The van der Waals surface area contributed by atoms with Gasteiger partial charge in [-0.05, 0) is 62.5 Å². The number of benzene rings is 1. The Morgan fingerprint density at radius 3 is 2.71 bits per heavy atom. The van der Waals surface area contributed by atoms with Crippen LogP contribution >= 0.6 is 0 Å². The predicted molar refractivity (Wildman–Crippen MR) is 70.3 cm³/mol. The molecule has 2 fully saturated rings. The van der Waals surface area contributed by atoms with Gasteiger partial charge in [0.2, 0.25) is 0 Å². The highest BCUT2D eigenvalue weighted by Crippen LogP contribution is 2.48. The molecular weight excluding hydrogens is 208 g/mol. The maximum atomic E-state index is 6.03. The molecule has 1 heteroatoms. The lowest BCUT2D eigenvalue weighted by molar-refractivity contribution is 0.194. The third kappa shape index (κ3) is 2.20. The van der Waals surface area contributed by atoms with Crippen LogP contribution in [0.15, 0.2) is 18.2 Å². The minimum atomic E-state index is 0.828. The summed E-state index contributed by atoms with van der Waals surface area (Å²) in [7, 11) is 0. The van der Waals surface area contributed by atoms with E-state index in [1.54, 1.807) is 0 Å². The van der Waals surface area contributed by atoms with Gasteiger partial charge in [0, 0.05) is 0 Å². The second kappa shape index (κ2) is 4.36. The monoisotopic (exact) mass is 230 g/mol. The summed E-state index contributed by atoms with van der Waals surface area (Å²) < 4.78 is 6.03. The third-order valence-electron chi connectivity index (χ3n) is 4.67. The Labute approximate surface area is 104 Å². The van der Waals surface area contributed by atoms with Crippen LogP contribution in [0.25, 0.3) is 0 Å². The average molecular weight is 230 g/mol. The van der Waals surface area contributed by atoms with Crippen LogP contribution in [0, 0.1) is 31.6 Å². The first-order valence-electron chi connectivity index (χ1n) is 6.92. The van der Waals surface area contributed by atoms with Gasteiger partial charge in [0.1, 0.15) is 5.75 Å². The molecule has 0 aliphatic heterocycles. The lowest BCUT2D eigenvalue weighted by atomic mass is 9.89. The van der Waals surface area contributed by atoms with E-state index >= 15 is 0 Å². The molecular formula is C16H22O. The fraction of sp³-hybridized carbons (Fsp3) is 0.625. The van der Waals surface area contributed by atoms with E-state index in [1.807, 2.05) is 0 Å². The maximum Gasteiger partial charge on any atom is 0.122 e. The van der Waals surface area contributed by atoms with Crippen molar-refractivity contribution in [3.63, 3.8) is 0 Å². The molecule has 3 rings (SSSR count). The van der Waals surface area contributed by atoms with Crippen LogP contribution in [-0.2, 0) is 0 Å². The van der Waals surface area contributed by atoms with Crippen molar-refractivity contribution in [2.75, 3.05) is 6.61 Å². The number of aryl methyl sites for hydroxylation is 2. The van der Waals surface area contributed by atoms with Crippen LogP contribution in [0.2, 0.25) is 0 Å². The normalized spacial score (nSPS) is 30.8. The van der Waals surface area contributed by atoms with E-state index in [0.717, 1.165) is 30.1 Å². The molecule has 0 spiro atoms. The van der Waals surface area contributed by atoms with E-state index in [2.05, 4.69) is 32.0 Å². The van der Waals surface area contributed by atoms with Crippen LogP contribution < -0.4 is 4.74 Å². The molecule has 1 aromatic carbocycles. The predicted octanol–water partition coefficient (Wildman–Crippen LogP) is 4.12. The van der Waals surface area contributed by atoms with Crippen molar-refractivity contribution in [1.82, 2.24) is 0 Å². The van der Waals surface area contributed by atoms with E-state index in [-0.39, 0.29) is 0 Å². The Kier molecular flexibility index (Phi) is 2.85. The molecule has 2 bridgehead atoms. The van der Waals surface area contributed by atoms with Gasteiger partial charge in [0.05, 0.1) is 6.61 Å². The zero-order chi connectivity index (χ0) is 11.8. The number of ether oxygens (including phenoxy) is 1. The zero-order valence-corrected chi connectivity index (χ0v) is 10.9. The summed E-state index contributed by atoms with van der Waals surface area (Å²) in [5, 5.41) is 0. The van der Waals surface area contributed by atoms with E-state index in [1.165, 1.54) is 36.8 Å². The van der Waals surface area contributed by atoms with Crippen molar-refractivity contribution in [3.05, 3.63) is 29.3 Å². The van der Waals surface area contributed by atoms with Crippen molar-refractivity contribution in [2.24, 2.45) is 17.8 Å². The van der Waals surface area contributed by atoms with Crippen LogP contribution in [0.3, 0.4) is 0 Å². The summed E-state index contributed by atoms with van der Waals surface area (Å²) in [6.45, 7) is 5.21. The number of hydrogen-bond acceptors (Lipinski definition) is 1. The Hall–Kier alpha value is -0.980. The van der Waals surface area contributed by atoms with Gasteiger partial charge in [-0.2, -0.15) is 0 Å². The molecule has 17 heavy (non-hydrogen) atoms. The molecule has 0 N–H and O–H groups in total. The molecule has 0 amide bonds. The smallest absolute Gasteiger partial charge is 0.122 e. The lowest BCUT2D eigenvalue weighted by Crippen LogP contribution is -2.18. The zero-order valence-electron chi connectivity index (χ0n) is 10.9. The molecule has 0 aromatic heterocycles. The third-order valence-corrected chi connectivity index (χ3v) is 4.67. The maximum absolute atomic E-state index is 6.03. The van der Waals surface area contributed by atoms with Crippen LogP contribution in [0.5, 0.6) is 5.75 Å². The quantitative estimate of drug-likeness (QED) is 0.759. The Balaban J connectivity index is 1.60. The minimum absolute atomic E-state index is 0.828. The summed E-state index contributed by atoms with van der Waals surface area (Å²) in [6.07, 6.45) is 5.81. The van der Waals surface area contributed by atoms with Gasteiger partial charge in [-0.25, -0.2) is 0 Å². The second-order valence-corrected chi connectivity index (χ2v) is 6.01. The number of fused-ring (bicyclic) bond motifs is 2. The highest BCUT2D eigenvalue weighted by molar-refractivity contribution is 5.35. The molecule has 1 aromatic rings. The van der Waals surface area contributed by atoms with Crippen LogP contribution in [-0.4, -0.2) is 6.61 Å². The van der Waals surface area contributed by atoms with Crippen LogP contribution in [0.1, 0.15) is 36.8 Å². The van der Waals surface area contributed by atoms with Crippen molar-refractivity contribution in [3.8, 4) is 5.75 Å². The standard InChI is InChI=1S/C16H22O/c1-11-3-6-16(12(2)7-11)17-10-15-9-13-4-5-14(15)8-13/h3,6-7,13-15H,4-5,8-10H2,1-2H3. The minimum Gasteiger partial charge on any atom is -0.493 e. The fourth-order valence-electron chi connectivity index (χ4n) is 3.74. The SMILES string of the molecule is Cc1ccc(OCC2CC3CCC2C3)c(C)c1. The average Bonchev–Trinajstić information content (AvgIpc) is 2.89. The van der Waals surface area contributed by atoms with Crippen molar-refractivity contribution >= 4 is 0 Å². The van der Waals surface area contributed by atoms with Gasteiger partial charge < -0.3 is 4.74 Å². The highest BCUT2D eigenvalue weighted by Gasteiger charge is 2.39. The van der Waals surface area contributed by atoms with E-state index in [4.69, 9.17) is 4.74 Å². The molecule has 0 heterocycles. The van der Waals surface area contributed by atoms with Gasteiger partial charge >= 0.3 is 0 Å². The molecule has 2 saturated carbocycles. The van der Waals surface area contributed by atoms with E-state index < -0.39 is 0 Å². The molecule has 3 atom stereocenters. The first kappa shape index (κ1) is 11.1. The molecule has 92 valence electrons. The highest BCUT2D eigenvalue weighted by atomic mass is 16.5. The first-order chi connectivity index (χ1) is 8.22. The van der Waals surface area contributed by atoms with Crippen molar-refractivity contribution in [2.45, 2.75) is 39.5 Å². The molecule has 0 radical (unpaired) electrons. The number of hydrogen-bond donors (Lipinski definition) is 0. The molecule has 0 saturated heterocycles. The van der Waals surface area contributed by atoms with E-state index in [0.29, 0.717) is 0 Å². The second-order valence-electron chi connectivity index (χ2n) is 6.01. The van der Waals surface area contributed by atoms with E-state index in [9.17, 15) is 0 Å². The summed E-state index contributed by atoms with van der Waals surface area (Å²) in [5.74, 6) is 3.89. The Bertz CT molecular complexity index is 410. The van der Waals surface area contributed by atoms with Gasteiger partial charge in [-0.1, -0.05) is 24.1 Å². The molecule has 1 nitrogen and oxygen atoms in total. The summed E-state index contributed by atoms with van der Waals surface area (Å²) in [5.41, 5.74) is 2.59. The molecule has 2 aliphatic rings. The van der Waals surface area contributed by atoms with Gasteiger partial charge in [-0.3, -0.25) is 0 Å². The summed E-state index contributed by atoms with van der Waals surface area (Å²) in [6, 6.07) is 6.47. The van der Waals surface area contributed by atoms with Gasteiger partial charge in [0.25, 0.3) is 0 Å². The fourth-order valence-corrected chi connectivity index (χ4v) is 3.74. The summed E-state index contributed by atoms with van der Waals surface area (Å²) in [4.78, 5) is 0. The topological polar surface area (TPSA) is 9.23 Å². The van der Waals surface area contributed by atoms with Crippen LogP contribution in [0.4, 0.5) is 0 Å².